The fraction of sp³-hybridized carbons (Fsp3) is 0.250. The molecule has 7 heteroatoms. The number of aryl methyl sites for hydroxylation is 3. The van der Waals surface area contributed by atoms with Gasteiger partial charge in [0.1, 0.15) is 23.6 Å². The lowest BCUT2D eigenvalue weighted by atomic mass is 10.0. The Balaban J connectivity index is 1.27. The van der Waals surface area contributed by atoms with Crippen LogP contribution in [0.2, 0.25) is 0 Å². The molecular formula is C36H37N3O4. The van der Waals surface area contributed by atoms with Crippen molar-refractivity contribution in [3.8, 4) is 11.5 Å². The summed E-state index contributed by atoms with van der Waals surface area (Å²) in [5, 5.41) is 1.03. The van der Waals surface area contributed by atoms with Crippen LogP contribution in [0.3, 0.4) is 0 Å². The summed E-state index contributed by atoms with van der Waals surface area (Å²) >= 11 is 0. The maximum Gasteiger partial charge on any atom is 0.227 e. The number of aromatic nitrogens is 2. The topological polar surface area (TPSA) is 73.7 Å². The van der Waals surface area contributed by atoms with Crippen molar-refractivity contribution in [2.75, 3.05) is 19.1 Å². The quantitative estimate of drug-likeness (QED) is 0.169. The number of fused-ring (bicyclic) bond motifs is 1. The average molecular weight is 576 g/mol. The maximum absolute atomic E-state index is 13.4. The van der Waals surface area contributed by atoms with Gasteiger partial charge >= 0.3 is 0 Å². The Morgan fingerprint density at radius 2 is 1.67 bits per heavy atom. The van der Waals surface area contributed by atoms with Crippen molar-refractivity contribution < 1.29 is 19.1 Å². The molecule has 2 aromatic heterocycles. The summed E-state index contributed by atoms with van der Waals surface area (Å²) in [6.45, 7) is 6.43. The first-order valence-corrected chi connectivity index (χ1v) is 14.4. The van der Waals surface area contributed by atoms with Crippen molar-refractivity contribution >= 4 is 28.3 Å². The van der Waals surface area contributed by atoms with Gasteiger partial charge in [-0.3, -0.25) is 9.59 Å². The molecule has 5 aromatic rings. The van der Waals surface area contributed by atoms with Gasteiger partial charge in [0, 0.05) is 48.5 Å². The van der Waals surface area contributed by atoms with Gasteiger partial charge in [-0.15, -0.1) is 0 Å². The molecule has 0 atom stereocenters. The minimum Gasteiger partial charge on any atom is -0.497 e. The largest absolute Gasteiger partial charge is 0.497 e. The Hall–Kier alpha value is -4.91. The van der Waals surface area contributed by atoms with E-state index in [1.165, 1.54) is 0 Å². The molecule has 0 aliphatic rings. The van der Waals surface area contributed by atoms with Gasteiger partial charge in [-0.05, 0) is 98.5 Å². The summed E-state index contributed by atoms with van der Waals surface area (Å²) < 4.78 is 13.4. The number of carbonyl (C=O) groups is 2. The molecule has 0 unspecified atom stereocenters. The van der Waals surface area contributed by atoms with E-state index in [1.807, 2.05) is 81.0 Å². The number of para-hydroxylation sites is 1. The number of nitrogens with zero attached hydrogens (tertiary/aromatic N) is 3. The Bertz CT molecular complexity index is 1800. The Morgan fingerprint density at radius 3 is 2.42 bits per heavy atom. The highest BCUT2D eigenvalue weighted by Gasteiger charge is 2.19. The number of methoxy groups -OCH3 is 1. The van der Waals surface area contributed by atoms with Gasteiger partial charge in [0.25, 0.3) is 0 Å². The first kappa shape index (κ1) is 29.6. The van der Waals surface area contributed by atoms with Crippen LogP contribution in [0.25, 0.3) is 10.9 Å². The lowest BCUT2D eigenvalue weighted by molar-refractivity contribution is -0.118. The van der Waals surface area contributed by atoms with Crippen LogP contribution in [0.1, 0.15) is 50.6 Å². The standard InChI is InChI=1S/C36H37N3O4/c1-23-10-19-31(25(3)30(23)22-43-33-9-7-8-26-12-11-24(2)37-35(26)33)39(5)34(40)21-16-28-15-20-32(38(28)4)36(41)27-13-17-29(42-6)18-14-27/h7-15,17-20H,16,21-22H2,1-6H3. The number of pyridine rings is 1. The number of benzene rings is 3. The van der Waals surface area contributed by atoms with E-state index in [-0.39, 0.29) is 11.7 Å². The third-order valence-electron chi connectivity index (χ3n) is 8.14. The van der Waals surface area contributed by atoms with Gasteiger partial charge in [0.15, 0.2) is 0 Å². The van der Waals surface area contributed by atoms with E-state index in [0.717, 1.165) is 50.4 Å². The zero-order valence-corrected chi connectivity index (χ0v) is 25.6. The second-order valence-electron chi connectivity index (χ2n) is 10.9. The molecule has 2 heterocycles. The molecule has 0 spiro atoms. The lowest BCUT2D eigenvalue weighted by Gasteiger charge is -2.23. The lowest BCUT2D eigenvalue weighted by Crippen LogP contribution is -2.27. The van der Waals surface area contributed by atoms with Crippen molar-refractivity contribution in [1.82, 2.24) is 9.55 Å². The summed E-state index contributed by atoms with van der Waals surface area (Å²) in [6.07, 6.45) is 0.828. The second-order valence-corrected chi connectivity index (χ2v) is 10.9. The molecule has 1 amide bonds. The molecule has 7 nitrogen and oxygen atoms in total. The van der Waals surface area contributed by atoms with E-state index >= 15 is 0 Å². The number of carbonyl (C=O) groups excluding carboxylic acids is 2. The summed E-state index contributed by atoms with van der Waals surface area (Å²) in [4.78, 5) is 32.8. The molecule has 0 saturated heterocycles. The normalized spacial score (nSPS) is 11.0. The van der Waals surface area contributed by atoms with Crippen LogP contribution in [0, 0.1) is 20.8 Å². The van der Waals surface area contributed by atoms with Crippen molar-refractivity contribution in [3.05, 3.63) is 118 Å². The first-order valence-electron chi connectivity index (χ1n) is 14.4. The Kier molecular flexibility index (Phi) is 8.62. The summed E-state index contributed by atoms with van der Waals surface area (Å²) in [7, 11) is 5.27. The van der Waals surface area contributed by atoms with Crippen LogP contribution in [0.5, 0.6) is 11.5 Å². The second kappa shape index (κ2) is 12.5. The molecule has 0 radical (unpaired) electrons. The fourth-order valence-corrected chi connectivity index (χ4v) is 5.41. The molecule has 43 heavy (non-hydrogen) atoms. The third kappa shape index (κ3) is 6.16. The molecule has 0 aliphatic heterocycles. The Labute approximate surface area is 252 Å². The van der Waals surface area contributed by atoms with E-state index < -0.39 is 0 Å². The van der Waals surface area contributed by atoms with Crippen LogP contribution >= 0.6 is 0 Å². The van der Waals surface area contributed by atoms with Crippen LogP contribution in [-0.2, 0) is 24.9 Å². The van der Waals surface area contributed by atoms with E-state index in [0.29, 0.717) is 36.5 Å². The van der Waals surface area contributed by atoms with Crippen LogP contribution in [0.4, 0.5) is 5.69 Å². The highest BCUT2D eigenvalue weighted by Crippen LogP contribution is 2.29. The van der Waals surface area contributed by atoms with Crippen LogP contribution in [-0.4, -0.2) is 35.4 Å². The predicted molar refractivity (Wildman–Crippen MR) is 170 cm³/mol. The van der Waals surface area contributed by atoms with E-state index in [9.17, 15) is 9.59 Å². The number of anilines is 1. The molecule has 0 aliphatic carbocycles. The third-order valence-corrected chi connectivity index (χ3v) is 8.14. The minimum atomic E-state index is -0.0701. The zero-order valence-electron chi connectivity index (χ0n) is 25.6. The predicted octanol–water partition coefficient (Wildman–Crippen LogP) is 6.91. The fourth-order valence-electron chi connectivity index (χ4n) is 5.41. The van der Waals surface area contributed by atoms with Crippen molar-refractivity contribution in [2.45, 2.75) is 40.2 Å². The molecule has 0 bridgehead atoms. The van der Waals surface area contributed by atoms with Gasteiger partial charge in [0.2, 0.25) is 11.7 Å². The van der Waals surface area contributed by atoms with Gasteiger partial charge < -0.3 is 18.9 Å². The number of amides is 1. The number of hydrogen-bond donors (Lipinski definition) is 0. The smallest absolute Gasteiger partial charge is 0.227 e. The Morgan fingerprint density at radius 1 is 0.907 bits per heavy atom. The SMILES string of the molecule is COc1ccc(C(=O)c2ccc(CCC(=O)N(C)c3ccc(C)c(COc4cccc5ccc(C)nc45)c3C)n2C)cc1. The minimum absolute atomic E-state index is 0.00298. The van der Waals surface area contributed by atoms with Gasteiger partial charge in [-0.2, -0.15) is 0 Å². The molecule has 0 saturated carbocycles. The molecule has 0 N–H and O–H groups in total. The molecule has 3 aromatic carbocycles. The van der Waals surface area contributed by atoms with Crippen LogP contribution in [0.15, 0.2) is 78.9 Å². The van der Waals surface area contributed by atoms with Crippen LogP contribution < -0.4 is 14.4 Å². The van der Waals surface area contributed by atoms with Crippen molar-refractivity contribution in [1.29, 1.82) is 0 Å². The monoisotopic (exact) mass is 575 g/mol. The van der Waals surface area contributed by atoms with E-state index in [2.05, 4.69) is 18.0 Å². The molecule has 0 fully saturated rings. The average Bonchev–Trinajstić information content (AvgIpc) is 3.38. The maximum atomic E-state index is 13.4. The highest BCUT2D eigenvalue weighted by atomic mass is 16.5. The summed E-state index contributed by atoms with van der Waals surface area (Å²) in [5.74, 6) is 1.37. The van der Waals surface area contributed by atoms with E-state index in [4.69, 9.17) is 9.47 Å². The number of ether oxygens (including phenoxy) is 2. The van der Waals surface area contributed by atoms with Gasteiger partial charge in [-0.1, -0.05) is 24.3 Å². The number of hydrogen-bond acceptors (Lipinski definition) is 5. The van der Waals surface area contributed by atoms with Gasteiger partial charge in [-0.25, -0.2) is 4.98 Å². The number of ketones is 1. The molecular weight excluding hydrogens is 538 g/mol. The zero-order chi connectivity index (χ0) is 30.7. The van der Waals surface area contributed by atoms with Gasteiger partial charge in [0.05, 0.1) is 12.8 Å². The van der Waals surface area contributed by atoms with Crippen molar-refractivity contribution in [3.63, 3.8) is 0 Å². The summed E-state index contributed by atoms with van der Waals surface area (Å²) in [5.41, 5.74) is 7.88. The highest BCUT2D eigenvalue weighted by molar-refractivity contribution is 6.08. The number of rotatable bonds is 10. The molecule has 220 valence electrons. The summed E-state index contributed by atoms with van der Waals surface area (Å²) in [6, 6.07) is 24.8. The van der Waals surface area contributed by atoms with E-state index in [1.54, 1.807) is 36.3 Å². The molecule has 5 rings (SSSR count). The van der Waals surface area contributed by atoms with Crippen molar-refractivity contribution in [2.24, 2.45) is 7.05 Å². The first-order chi connectivity index (χ1) is 20.7.